The minimum Gasteiger partial charge on any atom is -0.326 e. The van der Waals surface area contributed by atoms with E-state index >= 15 is 0 Å². The standard InChI is InChI=1S/C16H23N3O/c1-19-16(20)13(8-17)7-14(18-19)15-11-3-9-2-10(5-11)6-12(15)4-9/h7,9-12,15H,2-6,8,17H2,1H3. The Morgan fingerprint density at radius 2 is 1.80 bits per heavy atom. The average Bonchev–Trinajstić information content (AvgIpc) is 2.41. The van der Waals surface area contributed by atoms with Gasteiger partial charge in [-0.15, -0.1) is 0 Å². The van der Waals surface area contributed by atoms with E-state index < -0.39 is 0 Å². The number of aryl methyl sites for hydroxylation is 1. The first-order valence-corrected chi connectivity index (χ1v) is 7.93. The molecule has 1 aromatic heterocycles. The van der Waals surface area contributed by atoms with Crippen LogP contribution in [0.25, 0.3) is 0 Å². The molecule has 0 atom stereocenters. The fourth-order valence-corrected chi connectivity index (χ4v) is 5.41. The molecule has 4 saturated carbocycles. The zero-order chi connectivity index (χ0) is 13.9. The molecule has 0 aliphatic heterocycles. The maximum atomic E-state index is 12.0. The molecule has 1 heterocycles. The van der Waals surface area contributed by atoms with Crippen molar-refractivity contribution in [1.82, 2.24) is 9.78 Å². The van der Waals surface area contributed by atoms with Crippen LogP contribution in [0.5, 0.6) is 0 Å². The lowest BCUT2D eigenvalue weighted by Crippen LogP contribution is -2.44. The van der Waals surface area contributed by atoms with Crippen molar-refractivity contribution in [3.05, 3.63) is 27.7 Å². The van der Waals surface area contributed by atoms with E-state index in [-0.39, 0.29) is 5.56 Å². The fraction of sp³-hybridized carbons (Fsp3) is 0.750. The van der Waals surface area contributed by atoms with Crippen LogP contribution in [0.1, 0.15) is 49.3 Å². The van der Waals surface area contributed by atoms with Gasteiger partial charge in [-0.25, -0.2) is 4.68 Å². The van der Waals surface area contributed by atoms with Gasteiger partial charge in [-0.2, -0.15) is 5.10 Å². The van der Waals surface area contributed by atoms with Gasteiger partial charge in [0, 0.05) is 25.1 Å². The lowest BCUT2D eigenvalue weighted by molar-refractivity contribution is -0.00472. The summed E-state index contributed by atoms with van der Waals surface area (Å²) in [4.78, 5) is 12.0. The van der Waals surface area contributed by atoms with Gasteiger partial charge < -0.3 is 5.73 Å². The Morgan fingerprint density at radius 1 is 1.20 bits per heavy atom. The van der Waals surface area contributed by atoms with E-state index in [1.54, 1.807) is 7.05 Å². The second-order valence-electron chi connectivity index (χ2n) is 7.18. The monoisotopic (exact) mass is 273 g/mol. The van der Waals surface area contributed by atoms with Crippen LogP contribution in [-0.2, 0) is 13.6 Å². The SMILES string of the molecule is Cn1nc(C2C3CC4CC(C3)CC2C4)cc(CN)c1=O. The predicted octanol–water partition coefficient (Wildman–Crippen LogP) is 1.78. The molecule has 0 spiro atoms. The van der Waals surface area contributed by atoms with E-state index in [0.717, 1.165) is 29.4 Å². The number of nitrogens with two attached hydrogens (primary N) is 1. The molecule has 0 saturated heterocycles. The third-order valence-electron chi connectivity index (χ3n) is 5.94. The molecule has 108 valence electrons. The van der Waals surface area contributed by atoms with Crippen LogP contribution in [0.4, 0.5) is 0 Å². The second kappa shape index (κ2) is 4.42. The summed E-state index contributed by atoms with van der Waals surface area (Å²) in [5.41, 5.74) is 7.52. The molecule has 4 aliphatic rings. The molecule has 0 radical (unpaired) electrons. The van der Waals surface area contributed by atoms with Gasteiger partial charge in [0.2, 0.25) is 0 Å². The highest BCUT2D eigenvalue weighted by Gasteiger charge is 2.49. The molecule has 4 heteroatoms. The van der Waals surface area contributed by atoms with Gasteiger partial charge in [0.05, 0.1) is 5.69 Å². The average molecular weight is 273 g/mol. The van der Waals surface area contributed by atoms with Crippen molar-refractivity contribution in [2.45, 2.75) is 44.6 Å². The third-order valence-corrected chi connectivity index (χ3v) is 5.94. The van der Waals surface area contributed by atoms with Crippen LogP contribution in [0.2, 0.25) is 0 Å². The molecule has 1 aromatic rings. The van der Waals surface area contributed by atoms with Gasteiger partial charge in [0.1, 0.15) is 0 Å². The van der Waals surface area contributed by atoms with Crippen LogP contribution in [0.15, 0.2) is 10.9 Å². The lowest BCUT2D eigenvalue weighted by atomic mass is 9.51. The summed E-state index contributed by atoms with van der Waals surface area (Å²) in [7, 11) is 1.75. The minimum absolute atomic E-state index is 0.0416. The zero-order valence-corrected chi connectivity index (χ0v) is 12.1. The number of hydrogen-bond acceptors (Lipinski definition) is 3. The predicted molar refractivity (Wildman–Crippen MR) is 77.2 cm³/mol. The van der Waals surface area contributed by atoms with E-state index in [1.807, 2.05) is 6.07 Å². The zero-order valence-electron chi connectivity index (χ0n) is 12.1. The third kappa shape index (κ3) is 1.77. The van der Waals surface area contributed by atoms with Gasteiger partial charge in [-0.3, -0.25) is 4.79 Å². The number of hydrogen-bond donors (Lipinski definition) is 1. The molecular formula is C16H23N3O. The van der Waals surface area contributed by atoms with Crippen molar-refractivity contribution in [2.75, 3.05) is 0 Å². The maximum Gasteiger partial charge on any atom is 0.270 e. The summed E-state index contributed by atoms with van der Waals surface area (Å²) in [5.74, 6) is 4.09. The van der Waals surface area contributed by atoms with Crippen molar-refractivity contribution < 1.29 is 0 Å². The van der Waals surface area contributed by atoms with Gasteiger partial charge in [-0.1, -0.05) is 0 Å². The summed E-state index contributed by atoms with van der Waals surface area (Å²) in [5, 5.41) is 4.58. The lowest BCUT2D eigenvalue weighted by Gasteiger charge is -2.54. The van der Waals surface area contributed by atoms with E-state index in [9.17, 15) is 4.79 Å². The normalized spacial score (nSPS) is 38.4. The first kappa shape index (κ1) is 12.6. The largest absolute Gasteiger partial charge is 0.326 e. The molecule has 0 unspecified atom stereocenters. The van der Waals surface area contributed by atoms with Crippen LogP contribution < -0.4 is 11.3 Å². The van der Waals surface area contributed by atoms with Crippen LogP contribution in [0.3, 0.4) is 0 Å². The first-order valence-electron chi connectivity index (χ1n) is 7.93. The van der Waals surface area contributed by atoms with E-state index in [1.165, 1.54) is 36.8 Å². The number of rotatable bonds is 2. The molecular weight excluding hydrogens is 250 g/mol. The Balaban J connectivity index is 1.74. The Morgan fingerprint density at radius 3 is 2.35 bits per heavy atom. The molecule has 4 aliphatic carbocycles. The van der Waals surface area contributed by atoms with Gasteiger partial charge in [-0.05, 0) is 61.8 Å². The molecule has 20 heavy (non-hydrogen) atoms. The van der Waals surface area contributed by atoms with Crippen LogP contribution >= 0.6 is 0 Å². The van der Waals surface area contributed by atoms with E-state index in [0.29, 0.717) is 18.0 Å². The molecule has 4 nitrogen and oxygen atoms in total. The highest BCUT2D eigenvalue weighted by atomic mass is 16.1. The van der Waals surface area contributed by atoms with Gasteiger partial charge in [0.25, 0.3) is 5.56 Å². The summed E-state index contributed by atoms with van der Waals surface area (Å²) >= 11 is 0. The summed E-state index contributed by atoms with van der Waals surface area (Å²) < 4.78 is 1.49. The Bertz CT molecular complexity index is 564. The molecule has 2 N–H and O–H groups in total. The number of aromatic nitrogens is 2. The summed E-state index contributed by atoms with van der Waals surface area (Å²) in [6, 6.07) is 2.00. The van der Waals surface area contributed by atoms with Crippen molar-refractivity contribution in [3.63, 3.8) is 0 Å². The topological polar surface area (TPSA) is 60.9 Å². The molecule has 5 rings (SSSR count). The van der Waals surface area contributed by atoms with Crippen molar-refractivity contribution >= 4 is 0 Å². The highest BCUT2D eigenvalue weighted by Crippen LogP contribution is 2.59. The van der Waals surface area contributed by atoms with Gasteiger partial charge in [0.15, 0.2) is 0 Å². The smallest absolute Gasteiger partial charge is 0.270 e. The van der Waals surface area contributed by atoms with E-state index in [2.05, 4.69) is 5.10 Å². The maximum absolute atomic E-state index is 12.0. The first-order chi connectivity index (χ1) is 9.65. The molecule has 4 fully saturated rings. The second-order valence-corrected chi connectivity index (χ2v) is 7.18. The van der Waals surface area contributed by atoms with Crippen molar-refractivity contribution in [2.24, 2.45) is 36.5 Å². The molecule has 0 amide bonds. The van der Waals surface area contributed by atoms with E-state index in [4.69, 9.17) is 5.73 Å². The van der Waals surface area contributed by atoms with Crippen molar-refractivity contribution in [1.29, 1.82) is 0 Å². The highest BCUT2D eigenvalue weighted by molar-refractivity contribution is 5.21. The quantitative estimate of drug-likeness (QED) is 0.893. The van der Waals surface area contributed by atoms with Crippen LogP contribution in [-0.4, -0.2) is 9.78 Å². The van der Waals surface area contributed by atoms with Crippen LogP contribution in [0, 0.1) is 23.7 Å². The summed E-state index contributed by atoms with van der Waals surface area (Å²) in [6.07, 6.45) is 6.97. The Kier molecular flexibility index (Phi) is 2.78. The molecule has 0 aromatic carbocycles. The Hall–Kier alpha value is -1.16. The van der Waals surface area contributed by atoms with Crippen molar-refractivity contribution in [3.8, 4) is 0 Å². The minimum atomic E-state index is -0.0416. The fourth-order valence-electron chi connectivity index (χ4n) is 5.41. The molecule has 4 bridgehead atoms. The Labute approximate surface area is 119 Å². The summed E-state index contributed by atoms with van der Waals surface area (Å²) in [6.45, 7) is 0.315. The van der Waals surface area contributed by atoms with Gasteiger partial charge >= 0.3 is 0 Å². The number of nitrogens with zero attached hydrogens (tertiary/aromatic N) is 2.